The zero-order valence-electron chi connectivity index (χ0n) is 18.4. The first kappa shape index (κ1) is 23.1. The number of carbonyl (C=O) groups excluding carboxylic acids is 3. The van der Waals surface area contributed by atoms with Crippen molar-refractivity contribution in [3.63, 3.8) is 0 Å². The van der Waals surface area contributed by atoms with Crippen LogP contribution < -0.4 is 11.1 Å². The van der Waals surface area contributed by atoms with Crippen molar-refractivity contribution in [1.29, 1.82) is 0 Å². The number of carbonyl (C=O) groups is 3. The first-order chi connectivity index (χ1) is 15.0. The van der Waals surface area contributed by atoms with E-state index in [1.807, 2.05) is 5.01 Å². The molecule has 1 saturated carbocycles. The molecule has 31 heavy (non-hydrogen) atoms. The maximum absolute atomic E-state index is 13.8. The maximum atomic E-state index is 13.8. The van der Waals surface area contributed by atoms with Gasteiger partial charge in [-0.15, -0.1) is 0 Å². The molecule has 2 aliphatic rings. The lowest BCUT2D eigenvalue weighted by molar-refractivity contribution is -0.154. The number of hydrogen-bond acceptors (Lipinski definition) is 6. The van der Waals surface area contributed by atoms with Crippen molar-refractivity contribution in [2.45, 2.75) is 63.8 Å². The monoisotopic (exact) mass is 430 g/mol. The first-order valence-corrected chi connectivity index (χ1v) is 11.4. The molecule has 8 heteroatoms. The molecule has 0 bridgehead atoms. The second kappa shape index (κ2) is 10.6. The highest BCUT2D eigenvalue weighted by atomic mass is 16.5. The van der Waals surface area contributed by atoms with Crippen LogP contribution in [0.25, 0.3) is 0 Å². The van der Waals surface area contributed by atoms with Crippen LogP contribution in [0.1, 0.15) is 68.6 Å². The van der Waals surface area contributed by atoms with Gasteiger partial charge in [-0.3, -0.25) is 19.4 Å². The Kier molecular flexibility index (Phi) is 7.90. The fourth-order valence-corrected chi connectivity index (χ4v) is 4.62. The van der Waals surface area contributed by atoms with Crippen LogP contribution in [0.5, 0.6) is 0 Å². The molecular weight excluding hydrogens is 396 g/mol. The van der Waals surface area contributed by atoms with Crippen LogP contribution in [0.2, 0.25) is 0 Å². The van der Waals surface area contributed by atoms with Gasteiger partial charge in [-0.2, -0.15) is 0 Å². The topological polar surface area (TPSA) is 105 Å². The maximum Gasteiger partial charge on any atom is 0.325 e. The van der Waals surface area contributed by atoms with E-state index in [4.69, 9.17) is 10.5 Å². The SMILES string of the molecule is CCOC(=O)CNC(=O)C1(N(C(=O)c2ccc(N)cc2)N2CCCCC2)CCCCC1. The summed E-state index contributed by atoms with van der Waals surface area (Å²) in [4.78, 5) is 39.2. The highest BCUT2D eigenvalue weighted by molar-refractivity contribution is 5.99. The summed E-state index contributed by atoms with van der Waals surface area (Å²) in [7, 11) is 0. The Bertz CT molecular complexity index is 768. The first-order valence-electron chi connectivity index (χ1n) is 11.4. The largest absolute Gasteiger partial charge is 0.465 e. The molecule has 3 rings (SSSR count). The third-order valence-corrected chi connectivity index (χ3v) is 6.17. The summed E-state index contributed by atoms with van der Waals surface area (Å²) in [5.41, 5.74) is 5.89. The van der Waals surface area contributed by atoms with Gasteiger partial charge < -0.3 is 15.8 Å². The summed E-state index contributed by atoms with van der Waals surface area (Å²) in [5.74, 6) is -0.958. The Morgan fingerprint density at radius 2 is 1.65 bits per heavy atom. The molecule has 170 valence electrons. The van der Waals surface area contributed by atoms with Crippen LogP contribution in [0.4, 0.5) is 5.69 Å². The Balaban J connectivity index is 1.94. The summed E-state index contributed by atoms with van der Waals surface area (Å²) in [6, 6.07) is 6.83. The van der Waals surface area contributed by atoms with Crippen molar-refractivity contribution < 1.29 is 19.1 Å². The predicted molar refractivity (Wildman–Crippen MR) is 118 cm³/mol. The van der Waals surface area contributed by atoms with Crippen LogP contribution >= 0.6 is 0 Å². The van der Waals surface area contributed by atoms with Gasteiger partial charge in [-0.1, -0.05) is 25.7 Å². The van der Waals surface area contributed by atoms with Crippen molar-refractivity contribution >= 4 is 23.5 Å². The molecular formula is C23H34N4O4. The minimum absolute atomic E-state index is 0.196. The smallest absolute Gasteiger partial charge is 0.325 e. The Labute approximate surface area is 184 Å². The summed E-state index contributed by atoms with van der Waals surface area (Å²) in [6.07, 6.45) is 6.94. The van der Waals surface area contributed by atoms with Gasteiger partial charge in [0.15, 0.2) is 0 Å². The average molecular weight is 431 g/mol. The van der Waals surface area contributed by atoms with E-state index in [9.17, 15) is 14.4 Å². The Morgan fingerprint density at radius 1 is 1.03 bits per heavy atom. The van der Waals surface area contributed by atoms with Crippen LogP contribution in [-0.2, 0) is 14.3 Å². The van der Waals surface area contributed by atoms with Crippen LogP contribution in [-0.4, -0.2) is 59.6 Å². The molecule has 1 aromatic rings. The van der Waals surface area contributed by atoms with Crippen LogP contribution in [0, 0.1) is 0 Å². The van der Waals surface area contributed by atoms with E-state index in [1.54, 1.807) is 36.2 Å². The number of hydrazine groups is 1. The summed E-state index contributed by atoms with van der Waals surface area (Å²) in [6.45, 7) is 3.25. The molecule has 1 aromatic carbocycles. The summed E-state index contributed by atoms with van der Waals surface area (Å²) < 4.78 is 4.96. The summed E-state index contributed by atoms with van der Waals surface area (Å²) >= 11 is 0. The second-order valence-corrected chi connectivity index (χ2v) is 8.33. The molecule has 1 aliphatic heterocycles. The Morgan fingerprint density at radius 3 is 2.26 bits per heavy atom. The lowest BCUT2D eigenvalue weighted by Gasteiger charge is -2.50. The number of piperidine rings is 1. The van der Waals surface area contributed by atoms with E-state index in [0.717, 1.165) is 51.6 Å². The number of nitrogens with zero attached hydrogens (tertiary/aromatic N) is 2. The molecule has 0 atom stereocenters. The number of anilines is 1. The molecule has 0 aromatic heterocycles. The quantitative estimate of drug-likeness (QED) is 0.509. The van der Waals surface area contributed by atoms with E-state index >= 15 is 0 Å². The Hall–Kier alpha value is -2.61. The molecule has 0 unspecified atom stereocenters. The van der Waals surface area contributed by atoms with Crippen molar-refractivity contribution in [3.05, 3.63) is 29.8 Å². The highest BCUT2D eigenvalue weighted by Gasteiger charge is 2.50. The number of amides is 2. The molecule has 3 N–H and O–H groups in total. The molecule has 1 heterocycles. The molecule has 2 amide bonds. The highest BCUT2D eigenvalue weighted by Crippen LogP contribution is 2.37. The third kappa shape index (κ3) is 5.36. The van der Waals surface area contributed by atoms with Gasteiger partial charge in [0.05, 0.1) is 6.61 Å². The van der Waals surface area contributed by atoms with Crippen LogP contribution in [0.15, 0.2) is 24.3 Å². The zero-order chi connectivity index (χ0) is 22.3. The fraction of sp³-hybridized carbons (Fsp3) is 0.609. The zero-order valence-corrected chi connectivity index (χ0v) is 18.4. The minimum atomic E-state index is -1.01. The van der Waals surface area contributed by atoms with Crippen molar-refractivity contribution in [1.82, 2.24) is 15.3 Å². The molecule has 1 aliphatic carbocycles. The number of rotatable bonds is 7. The van der Waals surface area contributed by atoms with Crippen molar-refractivity contribution in [2.24, 2.45) is 0 Å². The van der Waals surface area contributed by atoms with E-state index < -0.39 is 11.5 Å². The molecule has 2 fully saturated rings. The third-order valence-electron chi connectivity index (χ3n) is 6.17. The molecule has 1 saturated heterocycles. The average Bonchev–Trinajstić information content (AvgIpc) is 2.79. The predicted octanol–water partition coefficient (Wildman–Crippen LogP) is 2.49. The number of nitrogen functional groups attached to an aromatic ring is 1. The van der Waals surface area contributed by atoms with Gasteiger partial charge >= 0.3 is 5.97 Å². The minimum Gasteiger partial charge on any atom is -0.465 e. The van der Waals surface area contributed by atoms with E-state index in [-0.39, 0.29) is 25.0 Å². The number of ether oxygens (including phenoxy) is 1. The van der Waals surface area contributed by atoms with Gasteiger partial charge in [0.2, 0.25) is 5.91 Å². The number of benzene rings is 1. The van der Waals surface area contributed by atoms with Gasteiger partial charge in [0.1, 0.15) is 12.1 Å². The van der Waals surface area contributed by atoms with Crippen LogP contribution in [0.3, 0.4) is 0 Å². The number of hydrogen-bond donors (Lipinski definition) is 2. The van der Waals surface area contributed by atoms with E-state index in [2.05, 4.69) is 5.32 Å². The molecule has 0 spiro atoms. The second-order valence-electron chi connectivity index (χ2n) is 8.33. The number of esters is 1. The standard InChI is InChI=1S/C23H34N4O4/c1-2-31-20(28)17-25-22(30)23(13-5-3-6-14-23)27(26-15-7-4-8-16-26)21(29)18-9-11-19(24)12-10-18/h9-12H,2-8,13-17,24H2,1H3,(H,25,30). The van der Waals surface area contributed by atoms with Gasteiger partial charge in [-0.05, 0) is 56.9 Å². The number of nitrogens with two attached hydrogens (primary N) is 1. The van der Waals surface area contributed by atoms with E-state index in [0.29, 0.717) is 24.1 Å². The lowest BCUT2D eigenvalue weighted by atomic mass is 9.79. The van der Waals surface area contributed by atoms with Crippen molar-refractivity contribution in [3.8, 4) is 0 Å². The van der Waals surface area contributed by atoms with Gasteiger partial charge in [-0.25, -0.2) is 5.01 Å². The lowest BCUT2D eigenvalue weighted by Crippen LogP contribution is -2.67. The molecule has 0 radical (unpaired) electrons. The fourth-order valence-electron chi connectivity index (χ4n) is 4.62. The van der Waals surface area contributed by atoms with Gasteiger partial charge in [0.25, 0.3) is 5.91 Å². The van der Waals surface area contributed by atoms with E-state index in [1.165, 1.54) is 0 Å². The van der Waals surface area contributed by atoms with Crippen molar-refractivity contribution in [2.75, 3.05) is 32.0 Å². The normalized spacial score (nSPS) is 18.7. The molecule has 8 nitrogen and oxygen atoms in total. The summed E-state index contributed by atoms with van der Waals surface area (Å²) in [5, 5.41) is 6.50. The number of nitrogens with one attached hydrogen (secondary N) is 1. The van der Waals surface area contributed by atoms with Gasteiger partial charge in [0, 0.05) is 24.3 Å².